The van der Waals surface area contributed by atoms with Crippen LogP contribution in [0, 0.1) is 0 Å². The summed E-state index contributed by atoms with van der Waals surface area (Å²) in [6.45, 7) is 12.4. The van der Waals surface area contributed by atoms with Gasteiger partial charge in [-0.3, -0.25) is 0 Å². The highest BCUT2D eigenvalue weighted by Crippen LogP contribution is 2.05. The van der Waals surface area contributed by atoms with E-state index < -0.39 is 0 Å². The van der Waals surface area contributed by atoms with Gasteiger partial charge in [-0.2, -0.15) is 0 Å². The van der Waals surface area contributed by atoms with Gasteiger partial charge in [0.25, 0.3) is 0 Å². The van der Waals surface area contributed by atoms with Gasteiger partial charge in [-0.05, 0) is 51.9 Å². The molecule has 256 valence electrons. The predicted molar refractivity (Wildman–Crippen MR) is 211 cm³/mol. The summed E-state index contributed by atoms with van der Waals surface area (Å²) in [6.07, 6.45) is 32.2. The Hall–Kier alpha value is 1.76. The minimum atomic E-state index is 0. The monoisotopic (exact) mass is 836 g/mol. The van der Waals surface area contributed by atoms with Crippen molar-refractivity contribution in [3.8, 4) is 0 Å². The predicted octanol–water partition coefficient (Wildman–Crippen LogP) is 11.5. The Morgan fingerprint density at radius 2 is 0.350 bits per heavy atom. The van der Waals surface area contributed by atoms with Crippen molar-refractivity contribution >= 4 is 67.9 Å². The number of rotatable bonds is 24. The van der Waals surface area contributed by atoms with E-state index in [1.165, 1.54) is 154 Å². The molecule has 8 N–H and O–H groups in total. The second-order valence-corrected chi connectivity index (χ2v) is 10.2. The van der Waals surface area contributed by atoms with Crippen LogP contribution >= 0.6 is 67.9 Å². The third-order valence-corrected chi connectivity index (χ3v) is 6.23. The average molecular weight is 841 g/mol. The van der Waals surface area contributed by atoms with Crippen LogP contribution in [0.5, 0.6) is 0 Å². The maximum Gasteiger partial charge on any atom is -0.00773 e. The van der Waals surface area contributed by atoms with E-state index in [0.717, 1.165) is 26.2 Å². The van der Waals surface area contributed by atoms with Gasteiger partial charge >= 0.3 is 0 Å². The first-order chi connectivity index (χ1) is 17.7. The molecule has 0 radical (unpaired) electrons. The smallest absolute Gasteiger partial charge is 0.00773 e. The molecular formula is C32H80Br4N4. The van der Waals surface area contributed by atoms with Gasteiger partial charge in [0.1, 0.15) is 0 Å². The lowest BCUT2D eigenvalue weighted by atomic mass is 10.1. The first-order valence-electron chi connectivity index (χ1n) is 16.5. The van der Waals surface area contributed by atoms with Crippen LogP contribution < -0.4 is 22.9 Å². The van der Waals surface area contributed by atoms with Gasteiger partial charge in [-0.15, -0.1) is 67.9 Å². The normalized spacial score (nSPS) is 9.00. The molecule has 0 aromatic heterocycles. The van der Waals surface area contributed by atoms with E-state index >= 15 is 0 Å². The Bertz CT molecular complexity index is 226. The number of nitrogens with two attached hydrogens (primary N) is 4. The van der Waals surface area contributed by atoms with E-state index in [2.05, 4.69) is 27.7 Å². The fraction of sp³-hybridized carbons (Fsp3) is 1.00. The van der Waals surface area contributed by atoms with Crippen LogP contribution in [-0.4, -0.2) is 26.2 Å². The quantitative estimate of drug-likeness (QED) is 0.0727. The lowest BCUT2D eigenvalue weighted by Crippen LogP contribution is -1.97. The van der Waals surface area contributed by atoms with Crippen molar-refractivity contribution in [2.24, 2.45) is 22.9 Å². The zero-order chi connectivity index (χ0) is 27.8. The minimum absolute atomic E-state index is 0. The molecule has 0 rings (SSSR count). The van der Waals surface area contributed by atoms with E-state index in [4.69, 9.17) is 22.9 Å². The van der Waals surface area contributed by atoms with Gasteiger partial charge < -0.3 is 22.9 Å². The molecule has 0 aromatic carbocycles. The van der Waals surface area contributed by atoms with Crippen LogP contribution in [0.25, 0.3) is 0 Å². The highest BCUT2D eigenvalue weighted by molar-refractivity contribution is 8.93. The molecule has 0 heterocycles. The average Bonchev–Trinajstić information content (AvgIpc) is 2.90. The van der Waals surface area contributed by atoms with Gasteiger partial charge in [-0.25, -0.2) is 0 Å². The molecule has 40 heavy (non-hydrogen) atoms. The van der Waals surface area contributed by atoms with E-state index in [0.29, 0.717) is 0 Å². The highest BCUT2D eigenvalue weighted by atomic mass is 79.9. The Labute approximate surface area is 296 Å². The molecule has 8 heteroatoms. The molecule has 0 fully saturated rings. The Kier molecular flexibility index (Phi) is 111. The number of hydrogen-bond donors (Lipinski definition) is 4. The van der Waals surface area contributed by atoms with Crippen LogP contribution in [0.2, 0.25) is 0 Å². The molecule has 4 nitrogen and oxygen atoms in total. The topological polar surface area (TPSA) is 104 Å². The second-order valence-electron chi connectivity index (χ2n) is 10.2. The van der Waals surface area contributed by atoms with Gasteiger partial charge in [0.05, 0.1) is 0 Å². The number of halogens is 4. The first kappa shape index (κ1) is 60.9. The SMILES string of the molecule is Br.Br.Br.Br.CCCCCCCCN.CCCCCCCCN.CCCCCCCCN.CCCCCCCCN. The second kappa shape index (κ2) is 72.8. The van der Waals surface area contributed by atoms with E-state index in [1.807, 2.05) is 0 Å². The molecule has 0 aliphatic carbocycles. The van der Waals surface area contributed by atoms with Crippen molar-refractivity contribution in [1.29, 1.82) is 0 Å². The molecule has 0 aliphatic heterocycles. The standard InChI is InChI=1S/4C8H19N.4BrH/c4*1-2-3-4-5-6-7-8-9;;;;/h4*2-9H2,1H3;4*1H. The molecule has 0 atom stereocenters. The van der Waals surface area contributed by atoms with Crippen molar-refractivity contribution in [1.82, 2.24) is 0 Å². The minimum Gasteiger partial charge on any atom is -0.330 e. The van der Waals surface area contributed by atoms with Crippen LogP contribution in [-0.2, 0) is 0 Å². The number of unbranched alkanes of at least 4 members (excludes halogenated alkanes) is 20. The van der Waals surface area contributed by atoms with Gasteiger partial charge in [0.2, 0.25) is 0 Å². The van der Waals surface area contributed by atoms with Crippen LogP contribution in [0.4, 0.5) is 0 Å². The third kappa shape index (κ3) is 90.0. The van der Waals surface area contributed by atoms with Crippen molar-refractivity contribution in [2.75, 3.05) is 26.2 Å². The molecule has 0 aromatic rings. The summed E-state index contributed by atoms with van der Waals surface area (Å²) in [5.41, 5.74) is 21.4. The van der Waals surface area contributed by atoms with Gasteiger partial charge in [0, 0.05) is 0 Å². The molecule has 0 saturated heterocycles. The summed E-state index contributed by atoms with van der Waals surface area (Å²) in [7, 11) is 0. The largest absolute Gasteiger partial charge is 0.330 e. The van der Waals surface area contributed by atoms with Crippen molar-refractivity contribution in [3.05, 3.63) is 0 Å². The summed E-state index contributed by atoms with van der Waals surface area (Å²) >= 11 is 0. The third-order valence-electron chi connectivity index (χ3n) is 6.23. The fourth-order valence-corrected chi connectivity index (χ4v) is 3.70. The van der Waals surface area contributed by atoms with E-state index in [-0.39, 0.29) is 67.9 Å². The summed E-state index contributed by atoms with van der Waals surface area (Å²) < 4.78 is 0. The Balaban J connectivity index is -0.0000000551. The van der Waals surface area contributed by atoms with Crippen molar-refractivity contribution < 1.29 is 0 Å². The molecule has 0 amide bonds. The molecule has 0 spiro atoms. The van der Waals surface area contributed by atoms with Crippen LogP contribution in [0.3, 0.4) is 0 Å². The zero-order valence-corrected chi connectivity index (χ0v) is 34.6. The fourth-order valence-electron chi connectivity index (χ4n) is 3.70. The maximum atomic E-state index is 5.34. The Morgan fingerprint density at radius 3 is 0.475 bits per heavy atom. The van der Waals surface area contributed by atoms with Crippen LogP contribution in [0.15, 0.2) is 0 Å². The number of hydrogen-bond acceptors (Lipinski definition) is 4. The molecule has 0 bridgehead atoms. The molecular weight excluding hydrogens is 760 g/mol. The molecule has 0 aliphatic rings. The Morgan fingerprint density at radius 1 is 0.225 bits per heavy atom. The molecule has 0 unspecified atom stereocenters. The lowest BCUT2D eigenvalue weighted by Gasteiger charge is -1.96. The first-order valence-corrected chi connectivity index (χ1v) is 16.5. The van der Waals surface area contributed by atoms with Crippen molar-refractivity contribution in [3.63, 3.8) is 0 Å². The summed E-state index contributed by atoms with van der Waals surface area (Å²) in [4.78, 5) is 0. The van der Waals surface area contributed by atoms with Gasteiger partial charge in [-0.1, -0.05) is 156 Å². The summed E-state index contributed by atoms with van der Waals surface area (Å²) in [5.74, 6) is 0. The van der Waals surface area contributed by atoms with Gasteiger partial charge in [0.15, 0.2) is 0 Å². The van der Waals surface area contributed by atoms with E-state index in [9.17, 15) is 0 Å². The lowest BCUT2D eigenvalue weighted by molar-refractivity contribution is 0.612. The summed E-state index contributed by atoms with van der Waals surface area (Å²) in [5, 5.41) is 0. The highest BCUT2D eigenvalue weighted by Gasteiger charge is 1.88. The summed E-state index contributed by atoms with van der Waals surface area (Å²) in [6, 6.07) is 0. The zero-order valence-electron chi connectivity index (χ0n) is 27.7. The maximum absolute atomic E-state index is 5.34. The van der Waals surface area contributed by atoms with E-state index in [1.54, 1.807) is 0 Å². The van der Waals surface area contributed by atoms with Crippen molar-refractivity contribution in [2.45, 2.75) is 182 Å². The molecule has 0 saturated carbocycles. The van der Waals surface area contributed by atoms with Crippen LogP contribution in [0.1, 0.15) is 182 Å².